The second-order valence-electron chi connectivity index (χ2n) is 3.76. The Hall–Kier alpha value is -1.40. The van der Waals surface area contributed by atoms with Crippen LogP contribution in [0.4, 0.5) is 4.39 Å². The van der Waals surface area contributed by atoms with Crippen LogP contribution in [0.15, 0.2) is 18.2 Å². The number of halogens is 1. The molecule has 0 aliphatic carbocycles. The molecule has 0 radical (unpaired) electrons. The van der Waals surface area contributed by atoms with Crippen LogP contribution in [0, 0.1) is 24.1 Å². The fourth-order valence-electron chi connectivity index (χ4n) is 1.79. The van der Waals surface area contributed by atoms with Gasteiger partial charge in [0, 0.05) is 0 Å². The fourth-order valence-corrected chi connectivity index (χ4v) is 1.79. The largest absolute Gasteiger partial charge is 0.285 e. The van der Waals surface area contributed by atoms with Crippen LogP contribution in [-0.2, 0) is 0 Å². The zero-order chi connectivity index (χ0) is 12.1. The Bertz CT molecular complexity index is 391. The number of aryl methyl sites for hydroxylation is 1. The van der Waals surface area contributed by atoms with Gasteiger partial charge in [-0.05, 0) is 37.2 Å². The highest BCUT2D eigenvalue weighted by molar-refractivity contribution is 5.29. The number of benzene rings is 1. The van der Waals surface area contributed by atoms with Crippen LogP contribution in [-0.4, -0.2) is 18.0 Å². The van der Waals surface area contributed by atoms with E-state index in [0.29, 0.717) is 5.56 Å². The summed E-state index contributed by atoms with van der Waals surface area (Å²) in [6.45, 7) is 7.38. The second kappa shape index (κ2) is 5.62. The summed E-state index contributed by atoms with van der Waals surface area (Å²) in [5.41, 5.74) is 1.45. The van der Waals surface area contributed by atoms with Gasteiger partial charge >= 0.3 is 0 Å². The number of nitrogens with zero attached hydrogens (tertiary/aromatic N) is 2. The lowest BCUT2D eigenvalue weighted by atomic mass is 10.0. The predicted molar refractivity (Wildman–Crippen MR) is 62.4 cm³/mol. The maximum Gasteiger partial charge on any atom is 0.126 e. The molecule has 1 aromatic carbocycles. The van der Waals surface area contributed by atoms with Crippen LogP contribution in [0.1, 0.15) is 31.0 Å². The molecule has 0 fully saturated rings. The molecule has 0 saturated carbocycles. The first kappa shape index (κ1) is 12.7. The van der Waals surface area contributed by atoms with E-state index < -0.39 is 0 Å². The number of hydrogen-bond acceptors (Lipinski definition) is 2. The van der Waals surface area contributed by atoms with Crippen LogP contribution in [0.3, 0.4) is 0 Å². The van der Waals surface area contributed by atoms with Crippen molar-refractivity contribution in [2.45, 2.75) is 26.8 Å². The van der Waals surface area contributed by atoms with Crippen LogP contribution in [0.2, 0.25) is 0 Å². The maximum atomic E-state index is 13.1. The molecule has 0 saturated heterocycles. The monoisotopic (exact) mass is 220 g/mol. The van der Waals surface area contributed by atoms with Gasteiger partial charge in [0.05, 0.1) is 6.07 Å². The molecule has 0 bridgehead atoms. The molecule has 1 rings (SSSR count). The van der Waals surface area contributed by atoms with Gasteiger partial charge in [-0.15, -0.1) is 0 Å². The van der Waals surface area contributed by atoms with Gasteiger partial charge in [-0.1, -0.05) is 26.0 Å². The molecular weight excluding hydrogens is 203 g/mol. The molecule has 1 atom stereocenters. The smallest absolute Gasteiger partial charge is 0.126 e. The normalized spacial score (nSPS) is 12.5. The Kier molecular flexibility index (Phi) is 4.45. The van der Waals surface area contributed by atoms with E-state index in [1.165, 1.54) is 6.07 Å². The standard InChI is InChI=1S/C13H17FN2/c1-4-16(5-2)13(9-15)11-6-7-12(14)10(3)8-11/h6-8,13H,4-5H2,1-3H3. The third kappa shape index (κ3) is 2.59. The van der Waals surface area contributed by atoms with E-state index >= 15 is 0 Å². The van der Waals surface area contributed by atoms with Gasteiger partial charge in [0.2, 0.25) is 0 Å². The van der Waals surface area contributed by atoms with Crippen molar-refractivity contribution in [3.8, 4) is 6.07 Å². The molecule has 0 heterocycles. The first-order valence-electron chi connectivity index (χ1n) is 5.53. The van der Waals surface area contributed by atoms with Gasteiger partial charge in [0.15, 0.2) is 0 Å². The second-order valence-corrected chi connectivity index (χ2v) is 3.76. The van der Waals surface area contributed by atoms with Crippen molar-refractivity contribution >= 4 is 0 Å². The van der Waals surface area contributed by atoms with E-state index in [1.54, 1.807) is 19.1 Å². The summed E-state index contributed by atoms with van der Waals surface area (Å²) < 4.78 is 13.1. The third-order valence-corrected chi connectivity index (χ3v) is 2.80. The lowest BCUT2D eigenvalue weighted by Gasteiger charge is -2.24. The van der Waals surface area contributed by atoms with Gasteiger partial charge in [-0.25, -0.2) is 4.39 Å². The van der Waals surface area contributed by atoms with Crippen molar-refractivity contribution in [1.82, 2.24) is 4.90 Å². The molecule has 1 aromatic rings. The van der Waals surface area contributed by atoms with Crippen molar-refractivity contribution in [1.29, 1.82) is 5.26 Å². The van der Waals surface area contributed by atoms with Crippen molar-refractivity contribution < 1.29 is 4.39 Å². The summed E-state index contributed by atoms with van der Waals surface area (Å²) in [7, 11) is 0. The molecule has 0 spiro atoms. The third-order valence-electron chi connectivity index (χ3n) is 2.80. The lowest BCUT2D eigenvalue weighted by molar-refractivity contribution is 0.262. The summed E-state index contributed by atoms with van der Waals surface area (Å²) in [4.78, 5) is 2.05. The van der Waals surface area contributed by atoms with E-state index in [4.69, 9.17) is 0 Å². The summed E-state index contributed by atoms with van der Waals surface area (Å²) in [5.74, 6) is -0.222. The average Bonchev–Trinajstić information content (AvgIpc) is 2.29. The molecule has 86 valence electrons. The molecular formula is C13H17FN2. The highest BCUT2D eigenvalue weighted by Gasteiger charge is 2.17. The summed E-state index contributed by atoms with van der Waals surface area (Å²) >= 11 is 0. The zero-order valence-corrected chi connectivity index (χ0v) is 10.00. The van der Waals surface area contributed by atoms with Gasteiger partial charge < -0.3 is 0 Å². The SMILES string of the molecule is CCN(CC)C(C#N)c1ccc(F)c(C)c1. The van der Waals surface area contributed by atoms with E-state index in [0.717, 1.165) is 18.7 Å². The van der Waals surface area contributed by atoms with Crippen LogP contribution in [0.5, 0.6) is 0 Å². The quantitative estimate of drug-likeness (QED) is 0.779. The molecule has 16 heavy (non-hydrogen) atoms. The van der Waals surface area contributed by atoms with Crippen LogP contribution in [0.25, 0.3) is 0 Å². The van der Waals surface area contributed by atoms with Crippen molar-refractivity contribution in [2.75, 3.05) is 13.1 Å². The van der Waals surface area contributed by atoms with Crippen molar-refractivity contribution in [2.24, 2.45) is 0 Å². The molecule has 2 nitrogen and oxygen atoms in total. The molecule has 0 N–H and O–H groups in total. The molecule has 3 heteroatoms. The first-order chi connectivity index (χ1) is 7.63. The predicted octanol–water partition coefficient (Wildman–Crippen LogP) is 3.04. The van der Waals surface area contributed by atoms with Crippen molar-refractivity contribution in [3.05, 3.63) is 35.1 Å². The summed E-state index contributed by atoms with van der Waals surface area (Å²) in [6, 6.07) is 6.86. The van der Waals surface area contributed by atoms with E-state index in [9.17, 15) is 9.65 Å². The van der Waals surface area contributed by atoms with Gasteiger partial charge in [-0.2, -0.15) is 5.26 Å². The fraction of sp³-hybridized carbons (Fsp3) is 0.462. The van der Waals surface area contributed by atoms with Gasteiger partial charge in [0.25, 0.3) is 0 Å². The first-order valence-corrected chi connectivity index (χ1v) is 5.53. The highest BCUT2D eigenvalue weighted by Crippen LogP contribution is 2.21. The van der Waals surface area contributed by atoms with Crippen molar-refractivity contribution in [3.63, 3.8) is 0 Å². The minimum atomic E-state index is -0.283. The molecule has 0 amide bonds. The van der Waals surface area contributed by atoms with E-state index in [-0.39, 0.29) is 11.9 Å². The average molecular weight is 220 g/mol. The van der Waals surface area contributed by atoms with E-state index in [1.807, 2.05) is 18.7 Å². The number of rotatable bonds is 4. The van der Waals surface area contributed by atoms with Crippen LogP contribution >= 0.6 is 0 Å². The lowest BCUT2D eigenvalue weighted by Crippen LogP contribution is -2.27. The minimum Gasteiger partial charge on any atom is -0.285 e. The summed E-state index contributed by atoms with van der Waals surface area (Å²) in [6.07, 6.45) is 0. The molecule has 0 aliphatic heterocycles. The molecule has 0 aliphatic rings. The Morgan fingerprint density at radius 2 is 2.00 bits per heavy atom. The highest BCUT2D eigenvalue weighted by atomic mass is 19.1. The Labute approximate surface area is 96.3 Å². The van der Waals surface area contributed by atoms with Gasteiger partial charge in [0.1, 0.15) is 11.9 Å². The zero-order valence-electron chi connectivity index (χ0n) is 10.00. The Balaban J connectivity index is 3.05. The summed E-state index contributed by atoms with van der Waals surface area (Å²) in [5, 5.41) is 9.19. The Morgan fingerprint density at radius 3 is 2.44 bits per heavy atom. The van der Waals surface area contributed by atoms with Crippen LogP contribution < -0.4 is 0 Å². The minimum absolute atomic E-state index is 0.222. The van der Waals surface area contributed by atoms with Gasteiger partial charge in [-0.3, -0.25) is 4.90 Å². The number of nitriles is 1. The maximum absolute atomic E-state index is 13.1. The van der Waals surface area contributed by atoms with E-state index in [2.05, 4.69) is 6.07 Å². The molecule has 0 aromatic heterocycles. The Morgan fingerprint density at radius 1 is 1.38 bits per heavy atom. The topological polar surface area (TPSA) is 27.0 Å². The number of hydrogen-bond donors (Lipinski definition) is 0. The molecule has 1 unspecified atom stereocenters.